The lowest BCUT2D eigenvalue weighted by Gasteiger charge is -2.23. The van der Waals surface area contributed by atoms with Gasteiger partial charge in [0.25, 0.3) is 0 Å². The molecule has 5 heteroatoms. The Hall–Kier alpha value is -0.650. The molecule has 122 valence electrons. The van der Waals surface area contributed by atoms with Crippen LogP contribution >= 0.6 is 11.3 Å². The molecule has 21 heavy (non-hydrogen) atoms. The van der Waals surface area contributed by atoms with Crippen molar-refractivity contribution in [3.63, 3.8) is 0 Å². The van der Waals surface area contributed by atoms with Crippen molar-refractivity contribution < 1.29 is 4.74 Å². The monoisotopic (exact) mass is 313 g/mol. The normalized spacial score (nSPS) is 11.6. The molecule has 0 aliphatic rings. The van der Waals surface area contributed by atoms with Gasteiger partial charge in [-0.2, -0.15) is 0 Å². The zero-order chi connectivity index (χ0) is 15.8. The lowest BCUT2D eigenvalue weighted by atomic mass is 10.2. The number of aryl methyl sites for hydroxylation is 1. The van der Waals surface area contributed by atoms with Crippen molar-refractivity contribution in [2.24, 2.45) is 5.92 Å². The van der Waals surface area contributed by atoms with E-state index < -0.39 is 0 Å². The number of aromatic nitrogens is 1. The molecule has 1 rings (SSSR count). The minimum Gasteiger partial charge on any atom is -0.383 e. The molecule has 1 heterocycles. The maximum Gasteiger partial charge on any atom is 0.185 e. The lowest BCUT2D eigenvalue weighted by Crippen LogP contribution is -2.30. The second-order valence-corrected chi connectivity index (χ2v) is 7.15. The van der Waals surface area contributed by atoms with E-state index in [1.807, 2.05) is 11.3 Å². The summed E-state index contributed by atoms with van der Waals surface area (Å²) in [5.41, 5.74) is 1.23. The van der Waals surface area contributed by atoms with Crippen molar-refractivity contribution in [3.05, 3.63) is 10.6 Å². The van der Waals surface area contributed by atoms with E-state index in [0.29, 0.717) is 12.0 Å². The van der Waals surface area contributed by atoms with Crippen molar-refractivity contribution in [1.29, 1.82) is 0 Å². The highest BCUT2D eigenvalue weighted by atomic mass is 32.1. The van der Waals surface area contributed by atoms with Gasteiger partial charge in [-0.1, -0.05) is 34.6 Å². The first-order chi connectivity index (χ1) is 9.97. The quantitative estimate of drug-likeness (QED) is 0.719. The van der Waals surface area contributed by atoms with Crippen molar-refractivity contribution >= 4 is 16.5 Å². The van der Waals surface area contributed by atoms with Crippen LogP contribution < -0.4 is 10.2 Å². The second-order valence-electron chi connectivity index (χ2n) is 6.09. The molecule has 0 bridgehead atoms. The molecular weight excluding hydrogens is 282 g/mol. The molecule has 1 aromatic rings. The first-order valence-corrected chi connectivity index (χ1v) is 8.75. The van der Waals surface area contributed by atoms with E-state index >= 15 is 0 Å². The molecular formula is C16H31N3OS. The van der Waals surface area contributed by atoms with Crippen LogP contribution in [-0.4, -0.2) is 37.8 Å². The van der Waals surface area contributed by atoms with E-state index in [9.17, 15) is 0 Å². The SMILES string of the molecule is CCc1nc(N(CCOC)CC(C)C)sc1CNC(C)C. The summed E-state index contributed by atoms with van der Waals surface area (Å²) in [5.74, 6) is 0.619. The van der Waals surface area contributed by atoms with Gasteiger partial charge in [-0.05, 0) is 12.3 Å². The van der Waals surface area contributed by atoms with Gasteiger partial charge in [0, 0.05) is 37.7 Å². The van der Waals surface area contributed by atoms with Crippen LogP contribution in [0.25, 0.3) is 0 Å². The minimum atomic E-state index is 0.500. The molecule has 0 saturated heterocycles. The van der Waals surface area contributed by atoms with E-state index in [2.05, 4.69) is 44.8 Å². The number of nitrogens with zero attached hydrogens (tertiary/aromatic N) is 2. The van der Waals surface area contributed by atoms with Gasteiger partial charge in [0.15, 0.2) is 5.13 Å². The maximum absolute atomic E-state index is 5.24. The summed E-state index contributed by atoms with van der Waals surface area (Å²) in [7, 11) is 1.75. The summed E-state index contributed by atoms with van der Waals surface area (Å²) in [5, 5.41) is 4.64. The van der Waals surface area contributed by atoms with Gasteiger partial charge in [0.2, 0.25) is 0 Å². The summed E-state index contributed by atoms with van der Waals surface area (Å²) >= 11 is 1.82. The fraction of sp³-hybridized carbons (Fsp3) is 0.812. The van der Waals surface area contributed by atoms with Crippen LogP contribution in [0.3, 0.4) is 0 Å². The van der Waals surface area contributed by atoms with Gasteiger partial charge in [0.05, 0.1) is 12.3 Å². The van der Waals surface area contributed by atoms with Gasteiger partial charge in [0.1, 0.15) is 0 Å². The highest BCUT2D eigenvalue weighted by Gasteiger charge is 2.16. The Morgan fingerprint density at radius 1 is 1.29 bits per heavy atom. The average Bonchev–Trinajstić information content (AvgIpc) is 2.84. The van der Waals surface area contributed by atoms with Crippen LogP contribution in [0.5, 0.6) is 0 Å². The third-order valence-corrected chi connectivity index (χ3v) is 4.35. The summed E-state index contributed by atoms with van der Waals surface area (Å²) in [4.78, 5) is 8.59. The first kappa shape index (κ1) is 18.4. The predicted octanol–water partition coefficient (Wildman–Crippen LogP) is 3.31. The van der Waals surface area contributed by atoms with Gasteiger partial charge in [-0.3, -0.25) is 0 Å². The van der Waals surface area contributed by atoms with Crippen LogP contribution in [0.1, 0.15) is 45.2 Å². The maximum atomic E-state index is 5.24. The van der Waals surface area contributed by atoms with E-state index in [0.717, 1.165) is 37.8 Å². The predicted molar refractivity (Wildman–Crippen MR) is 92.4 cm³/mol. The summed E-state index contributed by atoms with van der Waals surface area (Å²) in [6.07, 6.45) is 0.991. The summed E-state index contributed by atoms with van der Waals surface area (Å²) in [6.45, 7) is 14.6. The van der Waals surface area contributed by atoms with Gasteiger partial charge >= 0.3 is 0 Å². The lowest BCUT2D eigenvalue weighted by molar-refractivity contribution is 0.204. The zero-order valence-electron chi connectivity index (χ0n) is 14.4. The van der Waals surface area contributed by atoms with E-state index in [1.165, 1.54) is 10.6 Å². The number of hydrogen-bond donors (Lipinski definition) is 1. The minimum absolute atomic E-state index is 0.500. The third kappa shape index (κ3) is 6.32. The largest absolute Gasteiger partial charge is 0.383 e. The van der Waals surface area contributed by atoms with Gasteiger partial charge in [-0.25, -0.2) is 4.98 Å². The van der Waals surface area contributed by atoms with Crippen LogP contribution in [0.2, 0.25) is 0 Å². The smallest absolute Gasteiger partial charge is 0.185 e. The van der Waals surface area contributed by atoms with Crippen molar-refractivity contribution in [2.45, 2.75) is 53.6 Å². The Bertz CT molecular complexity index is 404. The number of nitrogens with one attached hydrogen (secondary N) is 1. The van der Waals surface area contributed by atoms with Crippen LogP contribution in [0.4, 0.5) is 5.13 Å². The Labute approximate surface area is 133 Å². The van der Waals surface area contributed by atoms with Gasteiger partial charge < -0.3 is 15.0 Å². The molecule has 0 unspecified atom stereocenters. The molecule has 0 amide bonds. The molecule has 1 aromatic heterocycles. The number of ether oxygens (including phenoxy) is 1. The van der Waals surface area contributed by atoms with E-state index in [1.54, 1.807) is 7.11 Å². The highest BCUT2D eigenvalue weighted by molar-refractivity contribution is 7.15. The van der Waals surface area contributed by atoms with Crippen LogP contribution in [0.15, 0.2) is 0 Å². The number of rotatable bonds is 10. The molecule has 4 nitrogen and oxygen atoms in total. The molecule has 0 fully saturated rings. The Morgan fingerprint density at radius 3 is 2.52 bits per heavy atom. The topological polar surface area (TPSA) is 37.4 Å². The molecule has 0 saturated carbocycles. The van der Waals surface area contributed by atoms with Crippen LogP contribution in [0, 0.1) is 5.92 Å². The third-order valence-electron chi connectivity index (χ3n) is 3.19. The van der Waals surface area contributed by atoms with Crippen LogP contribution in [-0.2, 0) is 17.7 Å². The number of thiazole rings is 1. The average molecular weight is 314 g/mol. The fourth-order valence-corrected chi connectivity index (χ4v) is 3.26. The Balaban J connectivity index is 2.86. The highest BCUT2D eigenvalue weighted by Crippen LogP contribution is 2.27. The zero-order valence-corrected chi connectivity index (χ0v) is 15.2. The van der Waals surface area contributed by atoms with E-state index in [4.69, 9.17) is 9.72 Å². The molecule has 0 aliphatic carbocycles. The van der Waals surface area contributed by atoms with E-state index in [-0.39, 0.29) is 0 Å². The summed E-state index contributed by atoms with van der Waals surface area (Å²) in [6, 6.07) is 0.500. The molecule has 0 aromatic carbocycles. The van der Waals surface area contributed by atoms with Crippen molar-refractivity contribution in [2.75, 3.05) is 31.7 Å². The molecule has 1 N–H and O–H groups in total. The molecule has 0 atom stereocenters. The van der Waals surface area contributed by atoms with Crippen molar-refractivity contribution in [3.8, 4) is 0 Å². The van der Waals surface area contributed by atoms with Crippen molar-refractivity contribution in [1.82, 2.24) is 10.3 Å². The van der Waals surface area contributed by atoms with Gasteiger partial charge in [-0.15, -0.1) is 11.3 Å². The Kier molecular flexibility index (Phi) is 8.22. The fourth-order valence-electron chi connectivity index (χ4n) is 2.12. The standard InChI is InChI=1S/C16H31N3OS/c1-7-14-15(10-17-13(4)5)21-16(18-14)19(8-9-20-6)11-12(2)3/h12-13,17H,7-11H2,1-6H3. The molecule has 0 spiro atoms. The first-order valence-electron chi connectivity index (χ1n) is 7.93. The number of methoxy groups -OCH3 is 1. The molecule has 0 radical (unpaired) electrons. The number of hydrogen-bond acceptors (Lipinski definition) is 5. The summed E-state index contributed by atoms with van der Waals surface area (Å²) < 4.78 is 5.24. The number of anilines is 1. The second kappa shape index (κ2) is 9.38. The Morgan fingerprint density at radius 2 is 2.00 bits per heavy atom. The molecule has 0 aliphatic heterocycles.